The highest BCUT2D eigenvalue weighted by molar-refractivity contribution is 5.89. The molecule has 0 saturated heterocycles. The topological polar surface area (TPSA) is 26.3 Å². The summed E-state index contributed by atoms with van der Waals surface area (Å²) in [5.74, 6) is -0.795. The number of benzene rings is 2. The maximum absolute atomic E-state index is 14.3. The van der Waals surface area contributed by atoms with E-state index in [-0.39, 0.29) is 17.5 Å². The van der Waals surface area contributed by atoms with Gasteiger partial charge < -0.3 is 4.74 Å². The number of unbranched alkanes of at least 4 members (excludes halogenated alkanes) is 4. The first-order valence-electron chi connectivity index (χ1n) is 9.70. The molecular formula is C23H29FO2. The van der Waals surface area contributed by atoms with E-state index in [4.69, 9.17) is 4.74 Å². The van der Waals surface area contributed by atoms with E-state index in [0.29, 0.717) is 18.4 Å². The summed E-state index contributed by atoms with van der Waals surface area (Å²) < 4.78 is 19.9. The molecule has 2 aromatic rings. The van der Waals surface area contributed by atoms with E-state index in [0.717, 1.165) is 18.4 Å². The minimum Gasteiger partial charge on any atom is -0.454 e. The second-order valence-electron chi connectivity index (χ2n) is 6.68. The number of carbonyl (C=O) groups excluding carboxylic acids is 1. The van der Waals surface area contributed by atoms with Crippen LogP contribution in [0.4, 0.5) is 4.39 Å². The highest BCUT2D eigenvalue weighted by Crippen LogP contribution is 2.23. The molecule has 0 saturated carbocycles. The van der Waals surface area contributed by atoms with Crippen molar-refractivity contribution < 1.29 is 13.9 Å². The van der Waals surface area contributed by atoms with E-state index in [1.807, 2.05) is 37.3 Å². The Hall–Kier alpha value is -2.16. The third-order valence-corrected chi connectivity index (χ3v) is 4.63. The van der Waals surface area contributed by atoms with Crippen molar-refractivity contribution in [3.05, 3.63) is 71.0 Å². The Labute approximate surface area is 156 Å². The van der Waals surface area contributed by atoms with Crippen LogP contribution in [0.3, 0.4) is 0 Å². The summed E-state index contributed by atoms with van der Waals surface area (Å²) in [6, 6.07) is 14.3. The number of hydrogen-bond donors (Lipinski definition) is 0. The van der Waals surface area contributed by atoms with Gasteiger partial charge in [0, 0.05) is 0 Å². The van der Waals surface area contributed by atoms with Crippen LogP contribution < -0.4 is 0 Å². The quantitative estimate of drug-likeness (QED) is 0.352. The fourth-order valence-electron chi connectivity index (χ4n) is 3.05. The number of aryl methyl sites for hydroxylation is 1. The van der Waals surface area contributed by atoms with Crippen LogP contribution in [-0.2, 0) is 11.2 Å². The van der Waals surface area contributed by atoms with Gasteiger partial charge in [-0.25, -0.2) is 9.18 Å². The highest BCUT2D eigenvalue weighted by Gasteiger charge is 2.17. The Bertz CT molecular complexity index is 682. The van der Waals surface area contributed by atoms with Crippen LogP contribution >= 0.6 is 0 Å². The fourth-order valence-corrected chi connectivity index (χ4v) is 3.05. The Balaban J connectivity index is 1.95. The van der Waals surface area contributed by atoms with Gasteiger partial charge in [-0.2, -0.15) is 0 Å². The van der Waals surface area contributed by atoms with Crippen molar-refractivity contribution in [3.8, 4) is 0 Å². The summed E-state index contributed by atoms with van der Waals surface area (Å²) in [4.78, 5) is 12.4. The van der Waals surface area contributed by atoms with Crippen molar-refractivity contribution in [2.75, 3.05) is 0 Å². The number of esters is 1. The summed E-state index contributed by atoms with van der Waals surface area (Å²) in [6.07, 6.45) is 6.80. The lowest BCUT2D eigenvalue weighted by Crippen LogP contribution is -2.11. The van der Waals surface area contributed by atoms with Crippen LogP contribution in [0, 0.1) is 5.82 Å². The minimum absolute atomic E-state index is 0.270. The lowest BCUT2D eigenvalue weighted by molar-refractivity contribution is 0.0287. The highest BCUT2D eigenvalue weighted by atomic mass is 19.1. The molecule has 0 radical (unpaired) electrons. The fraction of sp³-hybridized carbons (Fsp3) is 0.435. The first-order valence-corrected chi connectivity index (χ1v) is 9.70. The van der Waals surface area contributed by atoms with Gasteiger partial charge in [-0.15, -0.1) is 0 Å². The van der Waals surface area contributed by atoms with Gasteiger partial charge in [0.25, 0.3) is 0 Å². The van der Waals surface area contributed by atoms with Crippen molar-refractivity contribution in [2.45, 2.75) is 64.9 Å². The molecule has 0 aliphatic carbocycles. The van der Waals surface area contributed by atoms with E-state index in [1.165, 1.54) is 25.3 Å². The average Bonchev–Trinajstić information content (AvgIpc) is 2.67. The molecule has 140 valence electrons. The monoisotopic (exact) mass is 356 g/mol. The van der Waals surface area contributed by atoms with E-state index >= 15 is 0 Å². The molecule has 26 heavy (non-hydrogen) atoms. The van der Waals surface area contributed by atoms with Crippen molar-refractivity contribution in [2.24, 2.45) is 0 Å². The van der Waals surface area contributed by atoms with E-state index in [9.17, 15) is 9.18 Å². The Morgan fingerprint density at radius 2 is 1.73 bits per heavy atom. The summed E-state index contributed by atoms with van der Waals surface area (Å²) in [5.41, 5.74) is 1.90. The van der Waals surface area contributed by atoms with E-state index < -0.39 is 5.97 Å². The van der Waals surface area contributed by atoms with Crippen LogP contribution in [0.1, 0.15) is 80.0 Å². The van der Waals surface area contributed by atoms with Gasteiger partial charge in [-0.3, -0.25) is 0 Å². The predicted octanol–water partition coefficient (Wildman–Crippen LogP) is 6.65. The second kappa shape index (κ2) is 10.7. The molecule has 0 aromatic heterocycles. The van der Waals surface area contributed by atoms with Crippen LogP contribution in [-0.4, -0.2) is 5.97 Å². The van der Waals surface area contributed by atoms with Gasteiger partial charge in [-0.1, -0.05) is 75.9 Å². The molecule has 0 heterocycles. The maximum Gasteiger partial charge on any atom is 0.338 e. The Kier molecular flexibility index (Phi) is 8.33. The maximum atomic E-state index is 14.3. The van der Waals surface area contributed by atoms with Crippen LogP contribution in [0.25, 0.3) is 0 Å². The van der Waals surface area contributed by atoms with Gasteiger partial charge in [-0.05, 0) is 42.5 Å². The van der Waals surface area contributed by atoms with Crippen molar-refractivity contribution in [3.63, 3.8) is 0 Å². The zero-order valence-electron chi connectivity index (χ0n) is 15.8. The van der Waals surface area contributed by atoms with Gasteiger partial charge in [0.15, 0.2) is 0 Å². The van der Waals surface area contributed by atoms with E-state index in [1.54, 1.807) is 12.1 Å². The number of halogens is 1. The van der Waals surface area contributed by atoms with Gasteiger partial charge >= 0.3 is 5.97 Å². The second-order valence-corrected chi connectivity index (χ2v) is 6.68. The lowest BCUT2D eigenvalue weighted by Gasteiger charge is -2.17. The first kappa shape index (κ1) is 20.2. The molecule has 2 rings (SSSR count). The Morgan fingerprint density at radius 3 is 2.38 bits per heavy atom. The predicted molar refractivity (Wildman–Crippen MR) is 104 cm³/mol. The van der Waals surface area contributed by atoms with Crippen LogP contribution in [0.5, 0.6) is 0 Å². The number of hydrogen-bond acceptors (Lipinski definition) is 2. The molecule has 2 aromatic carbocycles. The van der Waals surface area contributed by atoms with Crippen molar-refractivity contribution >= 4 is 5.97 Å². The van der Waals surface area contributed by atoms with Gasteiger partial charge in [0.2, 0.25) is 0 Å². The largest absolute Gasteiger partial charge is 0.454 e. The first-order chi connectivity index (χ1) is 12.7. The summed E-state index contributed by atoms with van der Waals surface area (Å²) in [6.45, 7) is 4.14. The standard InChI is InChI=1S/C23H29FO2/c1-3-5-6-7-9-12-18-15-16-20(17-21(18)24)23(25)26-22(4-2)19-13-10-8-11-14-19/h8,10-11,13-17,22H,3-7,9,12H2,1-2H3. The third kappa shape index (κ3) is 5.98. The van der Waals surface area contributed by atoms with Crippen LogP contribution in [0.15, 0.2) is 48.5 Å². The zero-order chi connectivity index (χ0) is 18.8. The molecule has 1 unspecified atom stereocenters. The molecule has 0 fully saturated rings. The van der Waals surface area contributed by atoms with Gasteiger partial charge in [0.1, 0.15) is 11.9 Å². The molecule has 0 aliphatic heterocycles. The summed E-state index contributed by atoms with van der Waals surface area (Å²) >= 11 is 0. The molecule has 2 nitrogen and oxygen atoms in total. The third-order valence-electron chi connectivity index (χ3n) is 4.63. The molecule has 0 amide bonds. The molecule has 0 bridgehead atoms. The average molecular weight is 356 g/mol. The number of ether oxygens (including phenoxy) is 1. The van der Waals surface area contributed by atoms with Gasteiger partial charge in [0.05, 0.1) is 5.56 Å². The minimum atomic E-state index is -0.478. The number of carbonyl (C=O) groups is 1. The molecule has 1 atom stereocenters. The summed E-state index contributed by atoms with van der Waals surface area (Å²) in [7, 11) is 0. The number of rotatable bonds is 10. The normalized spacial score (nSPS) is 12.0. The molecule has 0 N–H and O–H groups in total. The molecular weight excluding hydrogens is 327 g/mol. The van der Waals surface area contributed by atoms with Crippen LogP contribution in [0.2, 0.25) is 0 Å². The SMILES string of the molecule is CCCCCCCc1ccc(C(=O)OC(CC)c2ccccc2)cc1F. The Morgan fingerprint density at radius 1 is 1.00 bits per heavy atom. The lowest BCUT2D eigenvalue weighted by atomic mass is 10.0. The smallest absolute Gasteiger partial charge is 0.338 e. The molecule has 0 aliphatic rings. The van der Waals surface area contributed by atoms with E-state index in [2.05, 4.69) is 6.92 Å². The van der Waals surface area contributed by atoms with Crippen molar-refractivity contribution in [1.82, 2.24) is 0 Å². The molecule has 0 spiro atoms. The van der Waals surface area contributed by atoms with Crippen molar-refractivity contribution in [1.29, 1.82) is 0 Å². The molecule has 3 heteroatoms. The summed E-state index contributed by atoms with van der Waals surface area (Å²) in [5, 5.41) is 0. The zero-order valence-corrected chi connectivity index (χ0v) is 15.8.